The zero-order valence-electron chi connectivity index (χ0n) is 9.56. The highest BCUT2D eigenvalue weighted by atomic mass is 35.5. The minimum absolute atomic E-state index is 0.618. The smallest absolute Gasteiger partial charge is 0.141 e. The number of rotatable bonds is 1. The molecular weight excluding hydrogens is 236 g/mol. The Bertz CT molecular complexity index is 453. The molecule has 3 nitrogen and oxygen atoms in total. The molecule has 4 N–H and O–H groups in total. The van der Waals surface area contributed by atoms with Crippen molar-refractivity contribution in [2.24, 2.45) is 0 Å². The molecule has 2 aromatic rings. The van der Waals surface area contributed by atoms with Gasteiger partial charge in [-0.15, -0.1) is 0 Å². The maximum atomic E-state index is 5.58. The Balaban J connectivity index is 0.000000171. The molecule has 0 saturated carbocycles. The third kappa shape index (κ3) is 4.25. The summed E-state index contributed by atoms with van der Waals surface area (Å²) in [4.78, 5) is 0. The second kappa shape index (κ2) is 6.66. The fourth-order valence-corrected chi connectivity index (χ4v) is 1.28. The Labute approximate surface area is 106 Å². The molecule has 0 aliphatic heterocycles. The van der Waals surface area contributed by atoms with Crippen LogP contribution in [-0.4, -0.2) is 7.11 Å². The molecule has 2 aromatic carbocycles. The number of ether oxygens (including phenoxy) is 1. The predicted octanol–water partition coefficient (Wildman–Crippen LogP) is 3.20. The molecule has 0 saturated heterocycles. The number of nitrogen functional groups attached to an aromatic ring is 2. The molecule has 0 amide bonds. The van der Waals surface area contributed by atoms with Crippen LogP contribution in [0.3, 0.4) is 0 Å². The Kier molecular flexibility index (Phi) is 5.17. The fourth-order valence-electron chi connectivity index (χ4n) is 1.14. The second-order valence-electron chi connectivity index (χ2n) is 3.26. The standard InChI is InChI=1S/C7H9NO.C6H6ClN/c1-9-7-5-3-2-4-6(7)8;7-5-3-1-2-4-6(5)8/h2-5H,8H2,1H3;1-4H,8H2. The van der Waals surface area contributed by atoms with Gasteiger partial charge >= 0.3 is 0 Å². The van der Waals surface area contributed by atoms with Crippen molar-refractivity contribution in [2.45, 2.75) is 0 Å². The van der Waals surface area contributed by atoms with E-state index in [4.69, 9.17) is 27.8 Å². The molecule has 17 heavy (non-hydrogen) atoms. The predicted molar refractivity (Wildman–Crippen MR) is 73.3 cm³/mol. The van der Waals surface area contributed by atoms with Crippen molar-refractivity contribution in [3.8, 4) is 5.75 Å². The van der Waals surface area contributed by atoms with Crippen molar-refractivity contribution in [3.05, 3.63) is 53.6 Å². The molecule has 90 valence electrons. The summed E-state index contributed by atoms with van der Waals surface area (Å²) in [6, 6.07) is 14.6. The Hall–Kier alpha value is -1.87. The topological polar surface area (TPSA) is 61.3 Å². The van der Waals surface area contributed by atoms with Crippen LogP contribution in [0.2, 0.25) is 5.02 Å². The number of nitrogens with two attached hydrogens (primary N) is 2. The quantitative estimate of drug-likeness (QED) is 0.764. The number of benzene rings is 2. The second-order valence-corrected chi connectivity index (χ2v) is 3.67. The third-order valence-corrected chi connectivity index (χ3v) is 2.39. The highest BCUT2D eigenvalue weighted by Gasteiger charge is 1.91. The first-order valence-corrected chi connectivity index (χ1v) is 5.41. The molecular formula is C13H15ClN2O. The minimum atomic E-state index is 0.618. The fraction of sp³-hybridized carbons (Fsp3) is 0.0769. The van der Waals surface area contributed by atoms with E-state index in [0.717, 1.165) is 5.75 Å². The van der Waals surface area contributed by atoms with Crippen LogP contribution in [0.1, 0.15) is 0 Å². The SMILES string of the molecule is COc1ccccc1N.Nc1ccccc1Cl. The lowest BCUT2D eigenvalue weighted by Crippen LogP contribution is -1.89. The lowest BCUT2D eigenvalue weighted by Gasteiger charge is -2.00. The summed E-state index contributed by atoms with van der Waals surface area (Å²) in [6.07, 6.45) is 0. The molecule has 4 heteroatoms. The average Bonchev–Trinajstić information content (AvgIpc) is 2.34. The van der Waals surface area contributed by atoms with Gasteiger partial charge in [-0.3, -0.25) is 0 Å². The minimum Gasteiger partial charge on any atom is -0.495 e. The van der Waals surface area contributed by atoms with Crippen LogP contribution in [0, 0.1) is 0 Å². The van der Waals surface area contributed by atoms with Gasteiger partial charge in [0.1, 0.15) is 5.75 Å². The molecule has 0 aromatic heterocycles. The van der Waals surface area contributed by atoms with Gasteiger partial charge in [0.05, 0.1) is 23.5 Å². The summed E-state index contributed by atoms with van der Waals surface area (Å²) in [7, 11) is 1.60. The molecule has 0 fully saturated rings. The van der Waals surface area contributed by atoms with E-state index < -0.39 is 0 Å². The zero-order chi connectivity index (χ0) is 12.7. The molecule has 0 radical (unpaired) electrons. The van der Waals surface area contributed by atoms with Gasteiger partial charge in [-0.25, -0.2) is 0 Å². The maximum absolute atomic E-state index is 5.58. The molecule has 0 heterocycles. The van der Waals surface area contributed by atoms with Gasteiger partial charge in [0, 0.05) is 0 Å². The Morgan fingerprint density at radius 2 is 1.41 bits per heavy atom. The van der Waals surface area contributed by atoms with Crippen molar-refractivity contribution < 1.29 is 4.74 Å². The monoisotopic (exact) mass is 250 g/mol. The first-order valence-electron chi connectivity index (χ1n) is 5.03. The summed E-state index contributed by atoms with van der Waals surface area (Å²) >= 11 is 5.58. The van der Waals surface area contributed by atoms with E-state index in [-0.39, 0.29) is 0 Å². The van der Waals surface area contributed by atoms with Crippen molar-refractivity contribution in [1.82, 2.24) is 0 Å². The first kappa shape index (κ1) is 13.2. The van der Waals surface area contributed by atoms with Gasteiger partial charge in [0.25, 0.3) is 0 Å². The summed E-state index contributed by atoms with van der Waals surface area (Å²) in [6.45, 7) is 0. The van der Waals surface area contributed by atoms with E-state index in [1.807, 2.05) is 30.3 Å². The van der Waals surface area contributed by atoms with Crippen LogP contribution in [0.25, 0.3) is 0 Å². The molecule has 0 aliphatic carbocycles. The van der Waals surface area contributed by atoms with Crippen LogP contribution in [0.4, 0.5) is 11.4 Å². The van der Waals surface area contributed by atoms with Crippen molar-refractivity contribution in [2.75, 3.05) is 18.6 Å². The first-order chi connectivity index (χ1) is 8.15. The van der Waals surface area contributed by atoms with Gasteiger partial charge in [0.2, 0.25) is 0 Å². The van der Waals surface area contributed by atoms with E-state index in [1.165, 1.54) is 0 Å². The van der Waals surface area contributed by atoms with E-state index in [1.54, 1.807) is 25.3 Å². The number of methoxy groups -OCH3 is 1. The molecule has 0 aliphatic rings. The average molecular weight is 251 g/mol. The van der Waals surface area contributed by atoms with Crippen LogP contribution < -0.4 is 16.2 Å². The summed E-state index contributed by atoms with van der Waals surface area (Å²) in [5.74, 6) is 0.734. The highest BCUT2D eigenvalue weighted by Crippen LogP contribution is 2.18. The van der Waals surface area contributed by atoms with Crippen molar-refractivity contribution in [3.63, 3.8) is 0 Å². The van der Waals surface area contributed by atoms with Gasteiger partial charge in [-0.05, 0) is 24.3 Å². The van der Waals surface area contributed by atoms with E-state index in [2.05, 4.69) is 0 Å². The molecule has 2 rings (SSSR count). The number of anilines is 2. The van der Waals surface area contributed by atoms with Crippen LogP contribution in [-0.2, 0) is 0 Å². The van der Waals surface area contributed by atoms with E-state index in [9.17, 15) is 0 Å². The highest BCUT2D eigenvalue weighted by molar-refractivity contribution is 6.33. The third-order valence-electron chi connectivity index (χ3n) is 2.04. The molecule has 0 unspecified atom stereocenters. The number of halogens is 1. The summed E-state index contributed by atoms with van der Waals surface area (Å²) in [5, 5.41) is 0.618. The molecule has 0 bridgehead atoms. The van der Waals surface area contributed by atoms with Crippen LogP contribution in [0.5, 0.6) is 5.75 Å². The number of hydrogen-bond donors (Lipinski definition) is 2. The van der Waals surface area contributed by atoms with Gasteiger partial charge in [-0.2, -0.15) is 0 Å². The van der Waals surface area contributed by atoms with E-state index in [0.29, 0.717) is 16.4 Å². The van der Waals surface area contributed by atoms with Crippen LogP contribution in [0.15, 0.2) is 48.5 Å². The Morgan fingerprint density at radius 3 is 1.76 bits per heavy atom. The largest absolute Gasteiger partial charge is 0.495 e. The summed E-state index contributed by atoms with van der Waals surface area (Å²) in [5.41, 5.74) is 12.2. The van der Waals surface area contributed by atoms with Gasteiger partial charge in [0.15, 0.2) is 0 Å². The number of hydrogen-bond acceptors (Lipinski definition) is 3. The lowest BCUT2D eigenvalue weighted by molar-refractivity contribution is 0.417. The number of para-hydroxylation sites is 3. The summed E-state index contributed by atoms with van der Waals surface area (Å²) < 4.78 is 4.92. The van der Waals surface area contributed by atoms with Crippen molar-refractivity contribution in [1.29, 1.82) is 0 Å². The van der Waals surface area contributed by atoms with Gasteiger partial charge < -0.3 is 16.2 Å². The normalized spacial score (nSPS) is 9.06. The van der Waals surface area contributed by atoms with Gasteiger partial charge in [-0.1, -0.05) is 35.9 Å². The van der Waals surface area contributed by atoms with Crippen LogP contribution >= 0.6 is 11.6 Å². The van der Waals surface area contributed by atoms with Crippen molar-refractivity contribution >= 4 is 23.0 Å². The molecule has 0 atom stereocenters. The maximum Gasteiger partial charge on any atom is 0.141 e. The lowest BCUT2D eigenvalue weighted by atomic mass is 10.3. The van der Waals surface area contributed by atoms with E-state index >= 15 is 0 Å². The zero-order valence-corrected chi connectivity index (χ0v) is 10.3. The molecule has 0 spiro atoms. The Morgan fingerprint density at radius 1 is 0.882 bits per heavy atom.